The molecule has 0 N–H and O–H groups in total. The third-order valence-electron chi connectivity index (χ3n) is 3.17. The number of esters is 1. The highest BCUT2D eigenvalue weighted by Gasteiger charge is 2.05. The number of carbonyl (C=O) groups is 1. The summed E-state index contributed by atoms with van der Waals surface area (Å²) in [5.41, 5.74) is 1.51. The molecule has 0 spiro atoms. The van der Waals surface area contributed by atoms with Gasteiger partial charge in [0.2, 0.25) is 0 Å². The van der Waals surface area contributed by atoms with Gasteiger partial charge < -0.3 is 14.2 Å². The van der Waals surface area contributed by atoms with E-state index in [2.05, 4.69) is 0 Å². The molecule has 0 aromatic heterocycles. The van der Waals surface area contributed by atoms with Crippen molar-refractivity contribution in [2.45, 2.75) is 6.61 Å². The number of carbonyl (C=O) groups excluding carboxylic acids is 1. The molecule has 2 rings (SSSR count). The molecule has 0 saturated carbocycles. The van der Waals surface area contributed by atoms with Crippen LogP contribution in [0.3, 0.4) is 0 Å². The number of methoxy groups -OCH3 is 2. The van der Waals surface area contributed by atoms with Gasteiger partial charge in [-0.1, -0.05) is 29.8 Å². The summed E-state index contributed by atoms with van der Waals surface area (Å²) in [7, 11) is 3.14. The SMILES string of the molecule is COc1ccc(/C=C/C(=O)OCc2ccccc2Cl)c(OC)c1. The summed E-state index contributed by atoms with van der Waals surface area (Å²) in [5.74, 6) is 0.836. The van der Waals surface area contributed by atoms with Crippen LogP contribution in [0.15, 0.2) is 48.5 Å². The van der Waals surface area contributed by atoms with E-state index >= 15 is 0 Å². The fourth-order valence-electron chi connectivity index (χ4n) is 1.93. The quantitative estimate of drug-likeness (QED) is 0.590. The van der Waals surface area contributed by atoms with Crippen molar-refractivity contribution in [2.75, 3.05) is 14.2 Å². The standard InChI is InChI=1S/C18H17ClO4/c1-21-15-9-7-13(17(11-15)22-2)8-10-18(20)23-12-14-5-3-4-6-16(14)19/h3-11H,12H2,1-2H3/b10-8+. The Hall–Kier alpha value is -2.46. The molecule has 120 valence electrons. The largest absolute Gasteiger partial charge is 0.497 e. The van der Waals surface area contributed by atoms with Gasteiger partial charge in [0.05, 0.1) is 14.2 Å². The summed E-state index contributed by atoms with van der Waals surface area (Å²) < 4.78 is 15.6. The molecule has 2 aromatic rings. The molecule has 4 nitrogen and oxygen atoms in total. The molecule has 5 heteroatoms. The summed E-state index contributed by atoms with van der Waals surface area (Å²) in [6.45, 7) is 0.128. The highest BCUT2D eigenvalue weighted by Crippen LogP contribution is 2.25. The molecule has 2 aromatic carbocycles. The lowest BCUT2D eigenvalue weighted by Crippen LogP contribution is -2.01. The third-order valence-corrected chi connectivity index (χ3v) is 3.54. The first kappa shape index (κ1) is 16.9. The van der Waals surface area contributed by atoms with Gasteiger partial charge >= 0.3 is 5.97 Å². The molecule has 0 unspecified atom stereocenters. The molecule has 0 aliphatic heterocycles. The molecular weight excluding hydrogens is 316 g/mol. The van der Waals surface area contributed by atoms with E-state index < -0.39 is 5.97 Å². The predicted octanol–water partition coefficient (Wildman–Crippen LogP) is 4.11. The molecular formula is C18H17ClO4. The van der Waals surface area contributed by atoms with Crippen LogP contribution in [0.25, 0.3) is 6.08 Å². The van der Waals surface area contributed by atoms with Crippen LogP contribution in [0, 0.1) is 0 Å². The van der Waals surface area contributed by atoms with E-state index in [1.807, 2.05) is 18.2 Å². The molecule has 0 saturated heterocycles. The second-order valence-corrected chi connectivity index (χ2v) is 5.05. The first-order valence-electron chi connectivity index (χ1n) is 6.94. The van der Waals surface area contributed by atoms with E-state index in [0.29, 0.717) is 16.5 Å². The third kappa shape index (κ3) is 4.76. The molecule has 0 amide bonds. The molecule has 0 aliphatic carbocycles. The van der Waals surface area contributed by atoms with Crippen LogP contribution in [0.4, 0.5) is 0 Å². The Balaban J connectivity index is 2.00. The summed E-state index contributed by atoms with van der Waals surface area (Å²) in [6.07, 6.45) is 2.98. The van der Waals surface area contributed by atoms with Crippen LogP contribution in [-0.2, 0) is 16.1 Å². The first-order chi connectivity index (χ1) is 11.1. The number of halogens is 1. The van der Waals surface area contributed by atoms with Crippen LogP contribution < -0.4 is 9.47 Å². The smallest absolute Gasteiger partial charge is 0.331 e. The van der Waals surface area contributed by atoms with E-state index in [1.54, 1.807) is 44.6 Å². The number of benzene rings is 2. The fourth-order valence-corrected chi connectivity index (χ4v) is 2.12. The van der Waals surface area contributed by atoms with Crippen molar-refractivity contribution in [1.82, 2.24) is 0 Å². The van der Waals surface area contributed by atoms with Gasteiger partial charge in [-0.2, -0.15) is 0 Å². The molecule has 0 atom stereocenters. The van der Waals surface area contributed by atoms with Crippen LogP contribution in [-0.4, -0.2) is 20.2 Å². The van der Waals surface area contributed by atoms with Gasteiger partial charge in [0.1, 0.15) is 18.1 Å². The number of ether oxygens (including phenoxy) is 3. The van der Waals surface area contributed by atoms with Gasteiger partial charge in [-0.3, -0.25) is 0 Å². The second-order valence-electron chi connectivity index (χ2n) is 4.64. The minimum absolute atomic E-state index is 0.128. The van der Waals surface area contributed by atoms with Crippen molar-refractivity contribution >= 4 is 23.6 Å². The molecule has 0 bridgehead atoms. The molecule has 0 radical (unpaired) electrons. The van der Waals surface area contributed by atoms with Gasteiger partial charge in [-0.05, 0) is 24.3 Å². The summed E-state index contributed by atoms with van der Waals surface area (Å²) in [4.78, 5) is 11.8. The van der Waals surface area contributed by atoms with Crippen molar-refractivity contribution in [3.05, 3.63) is 64.7 Å². The second kappa shape index (κ2) is 8.25. The maximum atomic E-state index is 11.8. The molecule has 0 fully saturated rings. The topological polar surface area (TPSA) is 44.8 Å². The van der Waals surface area contributed by atoms with E-state index in [1.165, 1.54) is 6.08 Å². The molecule has 0 aliphatic rings. The number of rotatable bonds is 6. The Kier molecular flexibility index (Phi) is 6.06. The van der Waals surface area contributed by atoms with Crippen molar-refractivity contribution in [2.24, 2.45) is 0 Å². The van der Waals surface area contributed by atoms with Crippen molar-refractivity contribution in [3.63, 3.8) is 0 Å². The Morgan fingerprint density at radius 3 is 2.61 bits per heavy atom. The van der Waals surface area contributed by atoms with Crippen molar-refractivity contribution < 1.29 is 19.0 Å². The predicted molar refractivity (Wildman–Crippen MR) is 89.8 cm³/mol. The average molecular weight is 333 g/mol. The summed E-state index contributed by atoms with van der Waals surface area (Å²) in [6, 6.07) is 12.6. The normalized spacial score (nSPS) is 10.6. The van der Waals surface area contributed by atoms with Gasteiger partial charge in [0.15, 0.2) is 0 Å². The Bertz CT molecular complexity index is 710. The van der Waals surface area contributed by atoms with Crippen LogP contribution in [0.5, 0.6) is 11.5 Å². The minimum atomic E-state index is -0.456. The minimum Gasteiger partial charge on any atom is -0.497 e. The highest BCUT2D eigenvalue weighted by atomic mass is 35.5. The van der Waals surface area contributed by atoms with E-state index in [-0.39, 0.29) is 6.61 Å². The molecule has 0 heterocycles. The van der Waals surface area contributed by atoms with Crippen LogP contribution in [0.2, 0.25) is 5.02 Å². The lowest BCUT2D eigenvalue weighted by molar-refractivity contribution is -0.138. The lowest BCUT2D eigenvalue weighted by atomic mass is 10.1. The van der Waals surface area contributed by atoms with E-state index in [4.69, 9.17) is 25.8 Å². The van der Waals surface area contributed by atoms with E-state index in [9.17, 15) is 4.79 Å². The number of hydrogen-bond acceptors (Lipinski definition) is 4. The summed E-state index contributed by atoms with van der Waals surface area (Å²) >= 11 is 6.01. The maximum absolute atomic E-state index is 11.8. The van der Waals surface area contributed by atoms with Gasteiger partial charge in [-0.25, -0.2) is 4.79 Å². The van der Waals surface area contributed by atoms with Crippen LogP contribution >= 0.6 is 11.6 Å². The van der Waals surface area contributed by atoms with Crippen molar-refractivity contribution in [3.8, 4) is 11.5 Å². The zero-order valence-corrected chi connectivity index (χ0v) is 13.7. The van der Waals surface area contributed by atoms with Gasteiger partial charge in [0, 0.05) is 28.3 Å². The Morgan fingerprint density at radius 1 is 1.13 bits per heavy atom. The van der Waals surface area contributed by atoms with Crippen molar-refractivity contribution in [1.29, 1.82) is 0 Å². The average Bonchev–Trinajstić information content (AvgIpc) is 2.59. The van der Waals surface area contributed by atoms with Crippen LogP contribution in [0.1, 0.15) is 11.1 Å². The zero-order chi connectivity index (χ0) is 16.7. The lowest BCUT2D eigenvalue weighted by Gasteiger charge is -2.07. The fraction of sp³-hybridized carbons (Fsp3) is 0.167. The van der Waals surface area contributed by atoms with Gasteiger partial charge in [0.25, 0.3) is 0 Å². The van der Waals surface area contributed by atoms with Gasteiger partial charge in [-0.15, -0.1) is 0 Å². The monoisotopic (exact) mass is 332 g/mol. The highest BCUT2D eigenvalue weighted by molar-refractivity contribution is 6.31. The zero-order valence-electron chi connectivity index (χ0n) is 12.9. The Morgan fingerprint density at radius 2 is 1.91 bits per heavy atom. The number of hydrogen-bond donors (Lipinski definition) is 0. The Labute approximate surface area is 140 Å². The first-order valence-corrected chi connectivity index (χ1v) is 7.32. The maximum Gasteiger partial charge on any atom is 0.331 e. The van der Waals surface area contributed by atoms with E-state index in [0.717, 1.165) is 11.1 Å². The summed E-state index contributed by atoms with van der Waals surface area (Å²) in [5, 5.41) is 0.570. The molecule has 23 heavy (non-hydrogen) atoms.